The molecule has 1 N–H and O–H groups in total. The first-order valence-corrected chi connectivity index (χ1v) is 12.5. The van der Waals surface area contributed by atoms with Crippen LogP contribution in [0.2, 0.25) is 5.02 Å². The summed E-state index contributed by atoms with van der Waals surface area (Å²) in [5, 5.41) is 12.7. The van der Waals surface area contributed by atoms with E-state index in [0.717, 1.165) is 11.4 Å². The number of thioether (sulfide) groups is 1. The molecule has 186 valence electrons. The first-order chi connectivity index (χ1) is 17.6. The second kappa shape index (κ2) is 12.3. The first-order valence-electron chi connectivity index (χ1n) is 11.2. The van der Waals surface area contributed by atoms with Crippen LogP contribution >= 0.6 is 23.4 Å². The summed E-state index contributed by atoms with van der Waals surface area (Å²) in [6, 6.07) is 21.9. The average molecular weight is 525 g/mol. The number of rotatable bonds is 11. The number of hydrogen-bond acceptors (Lipinski definition) is 7. The van der Waals surface area contributed by atoms with Crippen LogP contribution in [0.5, 0.6) is 17.2 Å². The van der Waals surface area contributed by atoms with Crippen molar-refractivity contribution in [2.45, 2.75) is 18.7 Å². The summed E-state index contributed by atoms with van der Waals surface area (Å²) in [5.74, 6) is 2.54. The highest BCUT2D eigenvalue weighted by Crippen LogP contribution is 2.27. The number of nitrogens with one attached hydrogen (secondary N) is 1. The third-order valence-electron chi connectivity index (χ3n) is 5.00. The van der Waals surface area contributed by atoms with E-state index in [-0.39, 0.29) is 18.3 Å². The maximum atomic E-state index is 12.7. The van der Waals surface area contributed by atoms with Crippen molar-refractivity contribution < 1.29 is 19.0 Å². The molecule has 0 radical (unpaired) electrons. The first kappa shape index (κ1) is 25.4. The molecule has 0 aliphatic heterocycles. The van der Waals surface area contributed by atoms with Crippen molar-refractivity contribution in [2.75, 3.05) is 24.8 Å². The van der Waals surface area contributed by atoms with Gasteiger partial charge in [0.1, 0.15) is 23.9 Å². The van der Waals surface area contributed by atoms with Crippen LogP contribution in [-0.4, -0.2) is 40.1 Å². The van der Waals surface area contributed by atoms with E-state index in [1.165, 1.54) is 11.8 Å². The summed E-state index contributed by atoms with van der Waals surface area (Å²) >= 11 is 7.24. The number of hydrogen-bond donors (Lipinski definition) is 1. The van der Waals surface area contributed by atoms with Crippen LogP contribution in [-0.2, 0) is 11.4 Å². The molecule has 1 heterocycles. The van der Waals surface area contributed by atoms with Gasteiger partial charge in [0.05, 0.1) is 25.2 Å². The Morgan fingerprint density at radius 2 is 1.67 bits per heavy atom. The third kappa shape index (κ3) is 6.50. The van der Waals surface area contributed by atoms with E-state index in [1.807, 2.05) is 47.9 Å². The van der Waals surface area contributed by atoms with E-state index >= 15 is 0 Å². The molecule has 3 aromatic carbocycles. The van der Waals surface area contributed by atoms with Gasteiger partial charge >= 0.3 is 0 Å². The molecule has 4 rings (SSSR count). The highest BCUT2D eigenvalue weighted by atomic mass is 35.5. The molecule has 0 saturated carbocycles. The summed E-state index contributed by atoms with van der Waals surface area (Å²) in [7, 11) is 1.56. The summed E-state index contributed by atoms with van der Waals surface area (Å²) in [6.07, 6.45) is 0. The number of benzene rings is 3. The molecule has 1 amide bonds. The molecule has 0 fully saturated rings. The zero-order chi connectivity index (χ0) is 25.3. The van der Waals surface area contributed by atoms with Crippen LogP contribution in [0, 0.1) is 0 Å². The normalized spacial score (nSPS) is 10.6. The fourth-order valence-corrected chi connectivity index (χ4v) is 4.24. The molecule has 4 aromatic rings. The number of carbonyl (C=O) groups is 1. The summed E-state index contributed by atoms with van der Waals surface area (Å²) in [6.45, 7) is 2.69. The Kier molecular flexibility index (Phi) is 8.70. The highest BCUT2D eigenvalue weighted by Gasteiger charge is 2.17. The van der Waals surface area contributed by atoms with E-state index in [1.54, 1.807) is 43.5 Å². The van der Waals surface area contributed by atoms with Gasteiger partial charge in [-0.05, 0) is 67.6 Å². The Hall–Kier alpha value is -3.69. The molecule has 0 unspecified atom stereocenters. The standard InChI is InChI=1S/C26H25ClN4O4S/c1-3-34-20-14-10-19(11-15-20)31-24(16-35-21-12-8-18(27)9-13-21)29-30-26(31)36-17-25(32)28-22-6-4-5-7-23(22)33-2/h4-15H,3,16-17H2,1-2H3,(H,28,32). The number of ether oxygens (including phenoxy) is 3. The molecule has 0 aliphatic carbocycles. The van der Waals surface area contributed by atoms with E-state index in [4.69, 9.17) is 25.8 Å². The molecule has 36 heavy (non-hydrogen) atoms. The largest absolute Gasteiger partial charge is 0.495 e. The fraction of sp³-hybridized carbons (Fsp3) is 0.192. The van der Waals surface area contributed by atoms with Gasteiger partial charge in [-0.2, -0.15) is 0 Å². The molecule has 0 saturated heterocycles. The Bertz CT molecular complexity index is 1300. The van der Waals surface area contributed by atoms with Gasteiger partial charge in [0.25, 0.3) is 0 Å². The Morgan fingerprint density at radius 3 is 2.39 bits per heavy atom. The number of anilines is 1. The molecule has 10 heteroatoms. The van der Waals surface area contributed by atoms with Crippen molar-refractivity contribution in [1.82, 2.24) is 14.8 Å². The van der Waals surface area contributed by atoms with Crippen LogP contribution in [0.1, 0.15) is 12.7 Å². The van der Waals surface area contributed by atoms with Crippen molar-refractivity contribution in [3.05, 3.63) is 83.6 Å². The van der Waals surface area contributed by atoms with Gasteiger partial charge in [-0.3, -0.25) is 9.36 Å². The van der Waals surface area contributed by atoms with Crippen LogP contribution in [0.3, 0.4) is 0 Å². The summed E-state index contributed by atoms with van der Waals surface area (Å²) < 4.78 is 18.6. The number of nitrogens with zero attached hydrogens (tertiary/aromatic N) is 3. The molecule has 0 aliphatic rings. The predicted molar refractivity (Wildman–Crippen MR) is 141 cm³/mol. The number of amides is 1. The number of para-hydroxylation sites is 2. The Balaban J connectivity index is 1.52. The average Bonchev–Trinajstić information content (AvgIpc) is 3.31. The van der Waals surface area contributed by atoms with Gasteiger partial charge in [-0.1, -0.05) is 35.5 Å². The van der Waals surface area contributed by atoms with Gasteiger partial charge in [0.2, 0.25) is 5.91 Å². The smallest absolute Gasteiger partial charge is 0.234 e. The van der Waals surface area contributed by atoms with Crippen LogP contribution in [0.15, 0.2) is 78.0 Å². The van der Waals surface area contributed by atoms with E-state index in [2.05, 4.69) is 15.5 Å². The number of aromatic nitrogens is 3. The van der Waals surface area contributed by atoms with Gasteiger partial charge in [0.15, 0.2) is 11.0 Å². The molecule has 8 nitrogen and oxygen atoms in total. The lowest BCUT2D eigenvalue weighted by atomic mass is 10.3. The van der Waals surface area contributed by atoms with Gasteiger partial charge in [-0.15, -0.1) is 10.2 Å². The van der Waals surface area contributed by atoms with Gasteiger partial charge in [-0.25, -0.2) is 0 Å². The van der Waals surface area contributed by atoms with E-state index in [9.17, 15) is 4.79 Å². The number of methoxy groups -OCH3 is 1. The van der Waals surface area contributed by atoms with E-state index < -0.39 is 0 Å². The predicted octanol–water partition coefficient (Wildman–Crippen LogP) is 5.64. The molecule has 0 bridgehead atoms. The minimum atomic E-state index is -0.190. The topological polar surface area (TPSA) is 87.5 Å². The summed E-state index contributed by atoms with van der Waals surface area (Å²) in [4.78, 5) is 12.7. The number of halogens is 1. The van der Waals surface area contributed by atoms with Crippen molar-refractivity contribution in [3.8, 4) is 22.9 Å². The minimum absolute atomic E-state index is 0.130. The van der Waals surface area contributed by atoms with Crippen LogP contribution in [0.25, 0.3) is 5.69 Å². The van der Waals surface area contributed by atoms with Crippen molar-refractivity contribution >= 4 is 35.0 Å². The zero-order valence-corrected chi connectivity index (χ0v) is 21.4. The molecular formula is C26H25ClN4O4S. The van der Waals surface area contributed by atoms with Gasteiger partial charge < -0.3 is 19.5 Å². The summed E-state index contributed by atoms with van der Waals surface area (Å²) in [5.41, 5.74) is 1.43. The maximum absolute atomic E-state index is 12.7. The molecular weight excluding hydrogens is 500 g/mol. The second-order valence-electron chi connectivity index (χ2n) is 7.44. The lowest BCUT2D eigenvalue weighted by Gasteiger charge is -2.13. The quantitative estimate of drug-likeness (QED) is 0.254. The Labute approximate surface area is 218 Å². The number of carbonyl (C=O) groups excluding carboxylic acids is 1. The third-order valence-corrected chi connectivity index (χ3v) is 6.18. The highest BCUT2D eigenvalue weighted by molar-refractivity contribution is 7.99. The molecule has 0 spiro atoms. The van der Waals surface area contributed by atoms with Crippen molar-refractivity contribution in [3.63, 3.8) is 0 Å². The van der Waals surface area contributed by atoms with Gasteiger partial charge in [0, 0.05) is 10.7 Å². The zero-order valence-electron chi connectivity index (χ0n) is 19.8. The molecule has 0 atom stereocenters. The monoisotopic (exact) mass is 524 g/mol. The maximum Gasteiger partial charge on any atom is 0.234 e. The fourth-order valence-electron chi connectivity index (χ4n) is 3.35. The second-order valence-corrected chi connectivity index (χ2v) is 8.82. The lowest BCUT2D eigenvalue weighted by molar-refractivity contribution is -0.113. The molecule has 1 aromatic heterocycles. The SMILES string of the molecule is CCOc1ccc(-n2c(COc3ccc(Cl)cc3)nnc2SCC(=O)Nc2ccccc2OC)cc1. The van der Waals surface area contributed by atoms with E-state index in [0.29, 0.717) is 39.8 Å². The van der Waals surface area contributed by atoms with Crippen LogP contribution < -0.4 is 19.5 Å². The Morgan fingerprint density at radius 1 is 0.972 bits per heavy atom. The van der Waals surface area contributed by atoms with Crippen LogP contribution in [0.4, 0.5) is 5.69 Å². The minimum Gasteiger partial charge on any atom is -0.495 e. The lowest BCUT2D eigenvalue weighted by Crippen LogP contribution is -2.15. The van der Waals surface area contributed by atoms with Crippen molar-refractivity contribution in [1.29, 1.82) is 0 Å². The van der Waals surface area contributed by atoms with Crippen molar-refractivity contribution in [2.24, 2.45) is 0 Å².